The first kappa shape index (κ1) is 14.8. The predicted octanol–water partition coefficient (Wildman–Crippen LogP) is 1.58. The van der Waals surface area contributed by atoms with Gasteiger partial charge in [-0.1, -0.05) is 6.92 Å². The summed E-state index contributed by atoms with van der Waals surface area (Å²) >= 11 is 1.78. The van der Waals surface area contributed by atoms with Crippen LogP contribution in [0.3, 0.4) is 0 Å². The second-order valence-electron chi connectivity index (χ2n) is 4.31. The lowest BCUT2D eigenvalue weighted by atomic mass is 10.0. The Bertz CT molecular complexity index is 207. The topological polar surface area (TPSA) is 32.3 Å². The maximum atomic E-state index is 12.1. The van der Waals surface area contributed by atoms with Gasteiger partial charge in [-0.3, -0.25) is 4.79 Å². The van der Waals surface area contributed by atoms with Crippen molar-refractivity contribution in [2.45, 2.75) is 38.8 Å². The highest BCUT2D eigenvalue weighted by Gasteiger charge is 2.31. The number of rotatable bonds is 6. The fourth-order valence-corrected chi connectivity index (χ4v) is 2.25. The molecule has 0 aliphatic rings. The SMILES string of the molecule is CCC(CSC)N(C)C(=O)C(C)(C)NC. The first-order chi connectivity index (χ1) is 6.90. The Kier molecular flexibility index (Phi) is 6.29. The van der Waals surface area contributed by atoms with Crippen LogP contribution in [0.4, 0.5) is 0 Å². The molecule has 90 valence electrons. The molecule has 1 atom stereocenters. The van der Waals surface area contributed by atoms with E-state index in [4.69, 9.17) is 0 Å². The van der Waals surface area contributed by atoms with Crippen LogP contribution >= 0.6 is 11.8 Å². The monoisotopic (exact) mass is 232 g/mol. The summed E-state index contributed by atoms with van der Waals surface area (Å²) in [5.41, 5.74) is -0.472. The Morgan fingerprint density at radius 1 is 1.53 bits per heavy atom. The molecule has 0 aromatic heterocycles. The van der Waals surface area contributed by atoms with Gasteiger partial charge in [0, 0.05) is 18.8 Å². The quantitative estimate of drug-likeness (QED) is 0.755. The van der Waals surface area contributed by atoms with E-state index in [-0.39, 0.29) is 5.91 Å². The lowest BCUT2D eigenvalue weighted by molar-refractivity contribution is -0.137. The molecule has 0 aromatic rings. The number of nitrogens with zero attached hydrogens (tertiary/aromatic N) is 1. The fraction of sp³-hybridized carbons (Fsp3) is 0.909. The number of carbonyl (C=O) groups is 1. The van der Waals surface area contributed by atoms with E-state index in [1.165, 1.54) is 0 Å². The van der Waals surface area contributed by atoms with E-state index in [0.29, 0.717) is 6.04 Å². The van der Waals surface area contributed by atoms with Crippen LogP contribution in [-0.4, -0.2) is 48.5 Å². The molecule has 3 nitrogen and oxygen atoms in total. The summed E-state index contributed by atoms with van der Waals surface area (Å²) < 4.78 is 0. The van der Waals surface area contributed by atoms with Gasteiger partial charge in [-0.05, 0) is 33.6 Å². The zero-order valence-corrected chi connectivity index (χ0v) is 11.6. The minimum absolute atomic E-state index is 0.158. The van der Waals surface area contributed by atoms with Crippen LogP contribution in [0.15, 0.2) is 0 Å². The van der Waals surface area contributed by atoms with Crippen LogP contribution < -0.4 is 5.32 Å². The second-order valence-corrected chi connectivity index (χ2v) is 5.22. The molecule has 0 aliphatic heterocycles. The van der Waals surface area contributed by atoms with Crippen LogP contribution in [-0.2, 0) is 4.79 Å². The molecule has 0 aromatic carbocycles. The number of hydrogen-bond acceptors (Lipinski definition) is 3. The Hall–Kier alpha value is -0.220. The molecule has 1 N–H and O–H groups in total. The van der Waals surface area contributed by atoms with Gasteiger partial charge in [0.05, 0.1) is 5.54 Å². The number of thioether (sulfide) groups is 1. The first-order valence-corrected chi connectivity index (χ1v) is 6.75. The summed E-state index contributed by atoms with van der Waals surface area (Å²) in [7, 11) is 3.72. The first-order valence-electron chi connectivity index (χ1n) is 5.35. The predicted molar refractivity (Wildman–Crippen MR) is 68.4 cm³/mol. The van der Waals surface area contributed by atoms with Gasteiger partial charge >= 0.3 is 0 Å². The zero-order valence-electron chi connectivity index (χ0n) is 10.8. The molecular formula is C11H24N2OS. The largest absolute Gasteiger partial charge is 0.340 e. The Morgan fingerprint density at radius 2 is 2.07 bits per heavy atom. The third kappa shape index (κ3) is 4.03. The van der Waals surface area contributed by atoms with Gasteiger partial charge in [0.2, 0.25) is 5.91 Å². The third-order valence-electron chi connectivity index (χ3n) is 2.86. The number of hydrogen-bond donors (Lipinski definition) is 1. The molecule has 1 unspecified atom stereocenters. The summed E-state index contributed by atoms with van der Waals surface area (Å²) in [4.78, 5) is 14.0. The molecule has 0 aliphatic carbocycles. The van der Waals surface area contributed by atoms with E-state index < -0.39 is 5.54 Å². The van der Waals surface area contributed by atoms with Crippen molar-refractivity contribution >= 4 is 17.7 Å². The van der Waals surface area contributed by atoms with Crippen molar-refractivity contribution in [2.24, 2.45) is 0 Å². The van der Waals surface area contributed by atoms with Gasteiger partial charge in [0.15, 0.2) is 0 Å². The number of carbonyl (C=O) groups excluding carboxylic acids is 1. The van der Waals surface area contributed by atoms with Gasteiger partial charge in [-0.2, -0.15) is 11.8 Å². The summed E-state index contributed by atoms with van der Waals surface area (Å²) in [6, 6.07) is 0.333. The minimum Gasteiger partial charge on any atom is -0.340 e. The van der Waals surface area contributed by atoms with Gasteiger partial charge in [0.25, 0.3) is 0 Å². The van der Waals surface area contributed by atoms with E-state index in [2.05, 4.69) is 18.5 Å². The van der Waals surface area contributed by atoms with Gasteiger partial charge in [0.1, 0.15) is 0 Å². The van der Waals surface area contributed by atoms with Crippen LogP contribution in [0.25, 0.3) is 0 Å². The van der Waals surface area contributed by atoms with Crippen molar-refractivity contribution in [2.75, 3.05) is 26.1 Å². The van der Waals surface area contributed by atoms with Crippen molar-refractivity contribution in [3.63, 3.8) is 0 Å². The summed E-state index contributed by atoms with van der Waals surface area (Å²) in [6.07, 6.45) is 3.08. The number of amides is 1. The van der Waals surface area contributed by atoms with E-state index in [1.807, 2.05) is 32.8 Å². The van der Waals surface area contributed by atoms with Crippen LogP contribution in [0.5, 0.6) is 0 Å². The molecule has 0 radical (unpaired) electrons. The van der Waals surface area contributed by atoms with Crippen molar-refractivity contribution in [3.8, 4) is 0 Å². The smallest absolute Gasteiger partial charge is 0.242 e. The van der Waals surface area contributed by atoms with Gasteiger partial charge in [-0.15, -0.1) is 0 Å². The normalized spacial score (nSPS) is 13.7. The molecule has 0 saturated carbocycles. The van der Waals surface area contributed by atoms with Crippen LogP contribution in [0.2, 0.25) is 0 Å². The molecule has 0 saturated heterocycles. The Labute approximate surface area is 98.0 Å². The molecule has 1 amide bonds. The summed E-state index contributed by atoms with van der Waals surface area (Å²) in [6.45, 7) is 5.95. The number of likely N-dealkylation sites (N-methyl/N-ethyl adjacent to an activating group) is 2. The molecule has 4 heteroatoms. The average molecular weight is 232 g/mol. The third-order valence-corrected chi connectivity index (χ3v) is 3.58. The second kappa shape index (κ2) is 6.38. The van der Waals surface area contributed by atoms with E-state index in [0.717, 1.165) is 12.2 Å². The van der Waals surface area contributed by atoms with Gasteiger partial charge in [-0.25, -0.2) is 0 Å². The zero-order chi connectivity index (χ0) is 12.1. The van der Waals surface area contributed by atoms with E-state index in [1.54, 1.807) is 11.8 Å². The summed E-state index contributed by atoms with van der Waals surface area (Å²) in [5.74, 6) is 1.16. The highest BCUT2D eigenvalue weighted by molar-refractivity contribution is 7.98. The van der Waals surface area contributed by atoms with Crippen molar-refractivity contribution in [1.82, 2.24) is 10.2 Å². The molecule has 0 rings (SSSR count). The average Bonchev–Trinajstić information content (AvgIpc) is 2.23. The molecular weight excluding hydrogens is 208 g/mol. The highest BCUT2D eigenvalue weighted by atomic mass is 32.2. The minimum atomic E-state index is -0.472. The summed E-state index contributed by atoms with van der Waals surface area (Å²) in [5, 5.41) is 3.05. The van der Waals surface area contributed by atoms with Crippen molar-refractivity contribution < 1.29 is 4.79 Å². The molecule has 0 fully saturated rings. The van der Waals surface area contributed by atoms with Crippen molar-refractivity contribution in [1.29, 1.82) is 0 Å². The lowest BCUT2D eigenvalue weighted by Crippen LogP contribution is -2.54. The fourth-order valence-electron chi connectivity index (χ4n) is 1.41. The van der Waals surface area contributed by atoms with Gasteiger partial charge < -0.3 is 10.2 Å². The maximum Gasteiger partial charge on any atom is 0.242 e. The molecule has 0 heterocycles. The Balaban J connectivity index is 4.53. The van der Waals surface area contributed by atoms with Crippen LogP contribution in [0.1, 0.15) is 27.2 Å². The van der Waals surface area contributed by atoms with E-state index in [9.17, 15) is 4.79 Å². The highest BCUT2D eigenvalue weighted by Crippen LogP contribution is 2.13. The lowest BCUT2D eigenvalue weighted by Gasteiger charge is -2.34. The van der Waals surface area contributed by atoms with Crippen molar-refractivity contribution in [3.05, 3.63) is 0 Å². The molecule has 0 spiro atoms. The number of nitrogens with one attached hydrogen (secondary N) is 1. The molecule has 0 bridgehead atoms. The Morgan fingerprint density at radius 3 is 2.40 bits per heavy atom. The van der Waals surface area contributed by atoms with E-state index >= 15 is 0 Å². The standard InChI is InChI=1S/C11H24N2OS/c1-7-9(8-15-6)13(5)10(14)11(2,3)12-4/h9,12H,7-8H2,1-6H3. The maximum absolute atomic E-state index is 12.1. The van der Waals surface area contributed by atoms with Crippen LogP contribution in [0, 0.1) is 0 Å². The molecule has 15 heavy (non-hydrogen) atoms.